The fourth-order valence-electron chi connectivity index (χ4n) is 3.32. The number of carbonyl (C=O) groups is 2. The third-order valence-corrected chi connectivity index (χ3v) is 4.70. The number of aliphatic hydroxyl groups excluding tert-OH is 1. The highest BCUT2D eigenvalue weighted by Crippen LogP contribution is 2.26. The minimum absolute atomic E-state index is 0.0509. The van der Waals surface area contributed by atoms with E-state index in [9.17, 15) is 14.7 Å². The second-order valence-corrected chi connectivity index (χ2v) is 7.53. The molecular formula is C22H27N3O4. The number of rotatable bonds is 6. The summed E-state index contributed by atoms with van der Waals surface area (Å²) in [5.41, 5.74) is 1.96. The van der Waals surface area contributed by atoms with Crippen LogP contribution in [0.4, 0.5) is 16.2 Å². The first-order valence-corrected chi connectivity index (χ1v) is 9.72. The average molecular weight is 397 g/mol. The van der Waals surface area contributed by atoms with E-state index in [1.54, 1.807) is 41.3 Å². The predicted molar refractivity (Wildman–Crippen MR) is 112 cm³/mol. The molecule has 7 nitrogen and oxygen atoms in total. The van der Waals surface area contributed by atoms with Crippen molar-refractivity contribution in [2.24, 2.45) is 5.92 Å². The van der Waals surface area contributed by atoms with E-state index in [0.717, 1.165) is 0 Å². The van der Waals surface area contributed by atoms with Crippen molar-refractivity contribution < 1.29 is 19.4 Å². The van der Waals surface area contributed by atoms with E-state index < -0.39 is 12.1 Å². The maximum atomic E-state index is 12.2. The van der Waals surface area contributed by atoms with Gasteiger partial charge in [0, 0.05) is 17.9 Å². The number of benzene rings is 2. The third-order valence-electron chi connectivity index (χ3n) is 4.70. The quantitative estimate of drug-likeness (QED) is 0.698. The Morgan fingerprint density at radius 3 is 2.34 bits per heavy atom. The number of aliphatic hydroxyl groups is 1. The molecule has 1 aliphatic rings. The zero-order valence-electron chi connectivity index (χ0n) is 16.7. The monoisotopic (exact) mass is 397 g/mol. The van der Waals surface area contributed by atoms with E-state index in [0.29, 0.717) is 36.0 Å². The molecule has 3 rings (SSSR count). The highest BCUT2D eigenvalue weighted by atomic mass is 16.5. The van der Waals surface area contributed by atoms with E-state index in [1.807, 2.05) is 32.0 Å². The van der Waals surface area contributed by atoms with Gasteiger partial charge in [-0.05, 0) is 35.7 Å². The Labute approximate surface area is 170 Å². The Bertz CT molecular complexity index is 824. The van der Waals surface area contributed by atoms with Crippen LogP contribution in [-0.4, -0.2) is 47.7 Å². The molecule has 0 aromatic heterocycles. The smallest absolute Gasteiger partial charge is 0.323 e. The lowest BCUT2D eigenvalue weighted by Crippen LogP contribution is -2.53. The van der Waals surface area contributed by atoms with Gasteiger partial charge >= 0.3 is 6.03 Å². The molecule has 0 bridgehead atoms. The van der Waals surface area contributed by atoms with Gasteiger partial charge in [0.05, 0.1) is 12.6 Å². The van der Waals surface area contributed by atoms with E-state index in [1.165, 1.54) is 0 Å². The molecule has 2 aromatic carbocycles. The SMILES string of the molecule is CC(C)CN1C(=O)COC[C@@H]1[C@H](O)c1ccc(NC(=O)Nc2ccccc2)cc1. The summed E-state index contributed by atoms with van der Waals surface area (Å²) in [6.45, 7) is 4.98. The van der Waals surface area contributed by atoms with Gasteiger partial charge in [-0.2, -0.15) is 0 Å². The van der Waals surface area contributed by atoms with Crippen LogP contribution in [0.1, 0.15) is 25.5 Å². The molecule has 3 N–H and O–H groups in total. The molecule has 0 radical (unpaired) electrons. The zero-order valence-corrected chi connectivity index (χ0v) is 16.7. The molecule has 0 saturated carbocycles. The van der Waals surface area contributed by atoms with Gasteiger partial charge in [0.2, 0.25) is 5.91 Å². The molecule has 7 heteroatoms. The molecule has 3 amide bonds. The fourth-order valence-corrected chi connectivity index (χ4v) is 3.32. The Morgan fingerprint density at radius 1 is 1.10 bits per heavy atom. The molecule has 0 unspecified atom stereocenters. The third kappa shape index (κ3) is 5.56. The van der Waals surface area contributed by atoms with E-state index in [2.05, 4.69) is 10.6 Å². The molecule has 0 spiro atoms. The Balaban J connectivity index is 1.64. The average Bonchev–Trinajstić information content (AvgIpc) is 2.70. The molecule has 1 aliphatic heterocycles. The number of morpholine rings is 1. The molecule has 1 fully saturated rings. The van der Waals surface area contributed by atoms with Gasteiger partial charge < -0.3 is 25.4 Å². The van der Waals surface area contributed by atoms with Crippen LogP contribution in [0.2, 0.25) is 0 Å². The van der Waals surface area contributed by atoms with Gasteiger partial charge in [-0.25, -0.2) is 4.79 Å². The lowest BCUT2D eigenvalue weighted by atomic mass is 9.99. The summed E-state index contributed by atoms with van der Waals surface area (Å²) in [5.74, 6) is 0.186. The van der Waals surface area contributed by atoms with Crippen LogP contribution in [0, 0.1) is 5.92 Å². The topological polar surface area (TPSA) is 90.9 Å². The lowest BCUT2D eigenvalue weighted by Gasteiger charge is -2.39. The highest BCUT2D eigenvalue weighted by molar-refractivity contribution is 5.99. The summed E-state index contributed by atoms with van der Waals surface area (Å²) in [5, 5.41) is 16.3. The zero-order chi connectivity index (χ0) is 20.8. The minimum Gasteiger partial charge on any atom is -0.386 e. The minimum atomic E-state index is -0.870. The van der Waals surface area contributed by atoms with Crippen LogP contribution in [-0.2, 0) is 9.53 Å². The summed E-state index contributed by atoms with van der Waals surface area (Å²) < 4.78 is 5.37. The number of para-hydroxylation sites is 1. The summed E-state index contributed by atoms with van der Waals surface area (Å²) in [7, 11) is 0. The summed E-state index contributed by atoms with van der Waals surface area (Å²) >= 11 is 0. The molecular weight excluding hydrogens is 370 g/mol. The van der Waals surface area contributed by atoms with Crippen LogP contribution in [0.15, 0.2) is 54.6 Å². The number of nitrogens with one attached hydrogen (secondary N) is 2. The van der Waals surface area contributed by atoms with E-state index >= 15 is 0 Å². The summed E-state index contributed by atoms with van der Waals surface area (Å²) in [6, 6.07) is 15.3. The predicted octanol–water partition coefficient (Wildman–Crippen LogP) is 3.25. The highest BCUT2D eigenvalue weighted by Gasteiger charge is 2.34. The number of hydrogen-bond acceptors (Lipinski definition) is 4. The first-order valence-electron chi connectivity index (χ1n) is 9.72. The van der Waals surface area contributed by atoms with Gasteiger partial charge in [-0.15, -0.1) is 0 Å². The van der Waals surface area contributed by atoms with Crippen molar-refractivity contribution in [3.8, 4) is 0 Å². The number of nitrogens with zero attached hydrogens (tertiary/aromatic N) is 1. The van der Waals surface area contributed by atoms with Crippen molar-refractivity contribution in [1.29, 1.82) is 0 Å². The van der Waals surface area contributed by atoms with E-state index in [-0.39, 0.29) is 18.5 Å². The van der Waals surface area contributed by atoms with Crippen molar-refractivity contribution in [1.82, 2.24) is 4.90 Å². The fraction of sp³-hybridized carbons (Fsp3) is 0.364. The standard InChI is InChI=1S/C22H27N3O4/c1-15(2)12-25-19(13-29-14-20(25)26)21(27)16-8-10-18(11-9-16)24-22(28)23-17-6-4-3-5-7-17/h3-11,15,19,21,27H,12-14H2,1-2H3,(H2,23,24,28)/t19-,21-/m1/s1. The largest absolute Gasteiger partial charge is 0.386 e. The lowest BCUT2D eigenvalue weighted by molar-refractivity contribution is -0.155. The molecule has 0 aliphatic carbocycles. The number of ether oxygens (including phenoxy) is 1. The Morgan fingerprint density at radius 2 is 1.72 bits per heavy atom. The molecule has 1 heterocycles. The molecule has 154 valence electrons. The normalized spacial score (nSPS) is 17.9. The summed E-state index contributed by atoms with van der Waals surface area (Å²) in [6.07, 6.45) is -0.870. The van der Waals surface area contributed by atoms with Crippen LogP contribution in [0.3, 0.4) is 0 Å². The van der Waals surface area contributed by atoms with Gasteiger partial charge in [-0.3, -0.25) is 4.79 Å². The molecule has 2 atom stereocenters. The Kier molecular flexibility index (Phi) is 6.85. The number of urea groups is 1. The number of amides is 3. The second-order valence-electron chi connectivity index (χ2n) is 7.53. The molecule has 2 aromatic rings. The maximum absolute atomic E-state index is 12.2. The second kappa shape index (κ2) is 9.54. The first-order chi connectivity index (χ1) is 13.9. The van der Waals surface area contributed by atoms with Crippen LogP contribution in [0.25, 0.3) is 0 Å². The molecule has 1 saturated heterocycles. The van der Waals surface area contributed by atoms with Gasteiger partial charge in [0.1, 0.15) is 12.7 Å². The Hall–Kier alpha value is -2.90. The number of anilines is 2. The van der Waals surface area contributed by atoms with Crippen molar-refractivity contribution in [2.75, 3.05) is 30.4 Å². The van der Waals surface area contributed by atoms with Crippen molar-refractivity contribution in [3.05, 3.63) is 60.2 Å². The van der Waals surface area contributed by atoms with Crippen LogP contribution in [0.5, 0.6) is 0 Å². The first kappa shape index (κ1) is 20.8. The maximum Gasteiger partial charge on any atom is 0.323 e. The van der Waals surface area contributed by atoms with Gasteiger partial charge in [0.25, 0.3) is 0 Å². The number of carbonyl (C=O) groups excluding carboxylic acids is 2. The van der Waals surface area contributed by atoms with Crippen LogP contribution < -0.4 is 10.6 Å². The summed E-state index contributed by atoms with van der Waals surface area (Å²) in [4.78, 5) is 26.0. The molecule has 29 heavy (non-hydrogen) atoms. The van der Waals surface area contributed by atoms with Crippen molar-refractivity contribution in [2.45, 2.75) is 26.0 Å². The van der Waals surface area contributed by atoms with Crippen LogP contribution >= 0.6 is 0 Å². The van der Waals surface area contributed by atoms with Gasteiger partial charge in [-0.1, -0.05) is 44.2 Å². The van der Waals surface area contributed by atoms with Gasteiger partial charge in [0.15, 0.2) is 0 Å². The van der Waals surface area contributed by atoms with Crippen molar-refractivity contribution in [3.63, 3.8) is 0 Å². The van der Waals surface area contributed by atoms with Crippen molar-refractivity contribution >= 4 is 23.3 Å². The van der Waals surface area contributed by atoms with E-state index in [4.69, 9.17) is 4.74 Å². The number of hydrogen-bond donors (Lipinski definition) is 3.